The molecule has 3 N–H and O–H groups in total. The second kappa shape index (κ2) is 9.47. The summed E-state index contributed by atoms with van der Waals surface area (Å²) in [6, 6.07) is 3.73. The molecule has 128 valence electrons. The molecule has 2 heterocycles. The molecule has 0 amide bonds. The zero-order chi connectivity index (χ0) is 16.5. The highest BCUT2D eigenvalue weighted by Crippen LogP contribution is 2.20. The summed E-state index contributed by atoms with van der Waals surface area (Å²) in [5.74, 6) is 0.669. The molecule has 1 atom stereocenters. The number of unbranched alkanes of at least 4 members (excludes halogenated alkanes) is 1. The van der Waals surface area contributed by atoms with Gasteiger partial charge in [0.05, 0.1) is 7.11 Å². The van der Waals surface area contributed by atoms with Gasteiger partial charge in [0.15, 0.2) is 0 Å². The third-order valence-electron chi connectivity index (χ3n) is 4.00. The Hall–Kier alpha value is -1.66. The predicted octanol–water partition coefficient (Wildman–Crippen LogP) is 1.67. The van der Waals surface area contributed by atoms with Crippen LogP contribution in [0.25, 0.3) is 0 Å². The third-order valence-corrected chi connectivity index (χ3v) is 4.00. The maximum atomic E-state index is 11.1. The number of rotatable bonds is 9. The number of fused-ring (bicyclic) bond motifs is 1. The van der Waals surface area contributed by atoms with Crippen LogP contribution < -0.4 is 11.1 Å². The summed E-state index contributed by atoms with van der Waals surface area (Å²) >= 11 is 0. The van der Waals surface area contributed by atoms with Crippen molar-refractivity contribution in [2.45, 2.75) is 44.6 Å². The van der Waals surface area contributed by atoms with Crippen LogP contribution in [0, 0.1) is 0 Å². The van der Waals surface area contributed by atoms with E-state index in [1.807, 2.05) is 0 Å². The highest BCUT2D eigenvalue weighted by atomic mass is 16.5. The second-order valence-corrected chi connectivity index (χ2v) is 5.83. The van der Waals surface area contributed by atoms with Crippen molar-refractivity contribution < 1.29 is 14.3 Å². The first-order valence-corrected chi connectivity index (χ1v) is 8.34. The van der Waals surface area contributed by atoms with Crippen molar-refractivity contribution in [2.24, 2.45) is 5.73 Å². The Balaban J connectivity index is 1.56. The zero-order valence-electron chi connectivity index (χ0n) is 13.8. The number of aromatic nitrogens is 1. The quantitative estimate of drug-likeness (QED) is 0.531. The number of carbonyl (C=O) groups excluding carboxylic acids is 1. The average molecular weight is 321 g/mol. The van der Waals surface area contributed by atoms with Crippen LogP contribution in [-0.4, -0.2) is 43.9 Å². The van der Waals surface area contributed by atoms with Crippen molar-refractivity contribution in [3.63, 3.8) is 0 Å². The molecule has 1 aromatic rings. The summed E-state index contributed by atoms with van der Waals surface area (Å²) in [7, 11) is 1.34. The number of nitrogens with one attached hydrogen (secondary N) is 1. The van der Waals surface area contributed by atoms with Crippen LogP contribution in [0.4, 0.5) is 5.82 Å². The number of anilines is 1. The highest BCUT2D eigenvalue weighted by Gasteiger charge is 2.13. The molecule has 0 saturated carbocycles. The molecule has 23 heavy (non-hydrogen) atoms. The number of nitrogens with zero attached hydrogens (tertiary/aromatic N) is 1. The molecular formula is C17H27N3O3. The fourth-order valence-electron chi connectivity index (χ4n) is 2.60. The van der Waals surface area contributed by atoms with Crippen LogP contribution >= 0.6 is 0 Å². The summed E-state index contributed by atoms with van der Waals surface area (Å²) in [5.41, 5.74) is 8.09. The Morgan fingerprint density at radius 3 is 3.09 bits per heavy atom. The SMILES string of the molecule is COC(=O)C(N)CCOCCCCc1ccc2c(n1)NCCC2. The number of hydrogen-bond acceptors (Lipinski definition) is 6. The van der Waals surface area contributed by atoms with Crippen LogP contribution in [0.5, 0.6) is 0 Å². The van der Waals surface area contributed by atoms with E-state index in [-0.39, 0.29) is 5.97 Å². The number of aryl methyl sites for hydroxylation is 2. The summed E-state index contributed by atoms with van der Waals surface area (Å²) in [5, 5.41) is 3.36. The minimum absolute atomic E-state index is 0.388. The van der Waals surface area contributed by atoms with Gasteiger partial charge in [-0.05, 0) is 50.2 Å². The minimum atomic E-state index is -0.591. The second-order valence-electron chi connectivity index (χ2n) is 5.83. The first-order chi connectivity index (χ1) is 11.2. The molecule has 2 rings (SSSR count). The van der Waals surface area contributed by atoms with Gasteiger partial charge >= 0.3 is 5.97 Å². The van der Waals surface area contributed by atoms with Crippen LogP contribution in [0.15, 0.2) is 12.1 Å². The van der Waals surface area contributed by atoms with Crippen molar-refractivity contribution >= 4 is 11.8 Å². The molecule has 0 aromatic carbocycles. The molecule has 0 saturated heterocycles. The topological polar surface area (TPSA) is 86.5 Å². The molecule has 1 aromatic heterocycles. The third kappa shape index (κ3) is 5.80. The lowest BCUT2D eigenvalue weighted by Crippen LogP contribution is -2.32. The molecule has 6 nitrogen and oxygen atoms in total. The Labute approximate surface area is 137 Å². The van der Waals surface area contributed by atoms with E-state index in [4.69, 9.17) is 10.5 Å². The predicted molar refractivity (Wildman–Crippen MR) is 89.4 cm³/mol. The van der Waals surface area contributed by atoms with Gasteiger partial charge in [0.25, 0.3) is 0 Å². The lowest BCUT2D eigenvalue weighted by Gasteiger charge is -2.17. The Morgan fingerprint density at radius 2 is 2.26 bits per heavy atom. The Morgan fingerprint density at radius 1 is 1.39 bits per heavy atom. The maximum Gasteiger partial charge on any atom is 0.322 e. The molecule has 1 aliphatic rings. The number of pyridine rings is 1. The summed E-state index contributed by atoms with van der Waals surface area (Å²) in [4.78, 5) is 15.8. The smallest absolute Gasteiger partial charge is 0.322 e. The molecule has 0 fully saturated rings. The van der Waals surface area contributed by atoms with Gasteiger partial charge in [-0.25, -0.2) is 4.98 Å². The summed E-state index contributed by atoms with van der Waals surface area (Å²) < 4.78 is 10.1. The van der Waals surface area contributed by atoms with E-state index in [1.54, 1.807) is 0 Å². The van der Waals surface area contributed by atoms with Crippen LogP contribution in [0.1, 0.15) is 36.9 Å². The Kier molecular flexibility index (Phi) is 7.29. The van der Waals surface area contributed by atoms with Crippen LogP contribution in [-0.2, 0) is 27.1 Å². The van der Waals surface area contributed by atoms with Crippen molar-refractivity contribution in [1.82, 2.24) is 4.98 Å². The molecule has 1 aliphatic heterocycles. The molecule has 0 aliphatic carbocycles. The van der Waals surface area contributed by atoms with Crippen molar-refractivity contribution in [3.8, 4) is 0 Å². The first kappa shape index (κ1) is 17.7. The number of hydrogen-bond donors (Lipinski definition) is 2. The van der Waals surface area contributed by atoms with E-state index >= 15 is 0 Å². The highest BCUT2D eigenvalue weighted by molar-refractivity contribution is 5.75. The van der Waals surface area contributed by atoms with Gasteiger partial charge in [0, 0.05) is 25.5 Å². The zero-order valence-corrected chi connectivity index (χ0v) is 13.8. The van der Waals surface area contributed by atoms with Gasteiger partial charge in [0.2, 0.25) is 0 Å². The molecule has 6 heteroatoms. The number of methoxy groups -OCH3 is 1. The van der Waals surface area contributed by atoms with Gasteiger partial charge in [-0.3, -0.25) is 4.79 Å². The lowest BCUT2D eigenvalue weighted by atomic mass is 10.1. The average Bonchev–Trinajstić information content (AvgIpc) is 2.59. The largest absolute Gasteiger partial charge is 0.468 e. The van der Waals surface area contributed by atoms with Crippen molar-refractivity contribution in [3.05, 3.63) is 23.4 Å². The molecule has 0 bridgehead atoms. The van der Waals surface area contributed by atoms with Gasteiger partial charge in [0.1, 0.15) is 11.9 Å². The van der Waals surface area contributed by atoms with Gasteiger partial charge in [-0.2, -0.15) is 0 Å². The lowest BCUT2D eigenvalue weighted by molar-refractivity contribution is -0.142. The normalized spacial score (nSPS) is 14.7. The van der Waals surface area contributed by atoms with E-state index in [0.717, 1.165) is 43.7 Å². The minimum Gasteiger partial charge on any atom is -0.468 e. The fraction of sp³-hybridized carbons (Fsp3) is 0.647. The fourth-order valence-corrected chi connectivity index (χ4v) is 2.60. The number of esters is 1. The number of ether oxygens (including phenoxy) is 2. The van der Waals surface area contributed by atoms with E-state index in [9.17, 15) is 4.79 Å². The van der Waals surface area contributed by atoms with E-state index < -0.39 is 6.04 Å². The first-order valence-electron chi connectivity index (χ1n) is 8.34. The monoisotopic (exact) mass is 321 g/mol. The van der Waals surface area contributed by atoms with Gasteiger partial charge in [-0.15, -0.1) is 0 Å². The summed E-state index contributed by atoms with van der Waals surface area (Å²) in [6.45, 7) is 2.18. The van der Waals surface area contributed by atoms with Crippen molar-refractivity contribution in [2.75, 3.05) is 32.2 Å². The Bertz CT molecular complexity index is 508. The molecule has 0 radical (unpaired) electrons. The van der Waals surface area contributed by atoms with Crippen LogP contribution in [0.2, 0.25) is 0 Å². The van der Waals surface area contributed by atoms with Crippen molar-refractivity contribution in [1.29, 1.82) is 0 Å². The van der Waals surface area contributed by atoms with Gasteiger partial charge < -0.3 is 20.5 Å². The molecule has 0 spiro atoms. The van der Waals surface area contributed by atoms with E-state index in [0.29, 0.717) is 19.6 Å². The number of nitrogens with two attached hydrogens (primary N) is 1. The molecule has 1 unspecified atom stereocenters. The number of carbonyl (C=O) groups is 1. The van der Waals surface area contributed by atoms with E-state index in [1.165, 1.54) is 19.1 Å². The van der Waals surface area contributed by atoms with Gasteiger partial charge in [-0.1, -0.05) is 6.07 Å². The van der Waals surface area contributed by atoms with Crippen LogP contribution in [0.3, 0.4) is 0 Å². The summed E-state index contributed by atoms with van der Waals surface area (Å²) in [6.07, 6.45) is 5.77. The molecular weight excluding hydrogens is 294 g/mol. The maximum absolute atomic E-state index is 11.1. The van der Waals surface area contributed by atoms with E-state index in [2.05, 4.69) is 27.2 Å². The standard InChI is InChI=1S/C17H27N3O3/c1-22-17(21)15(18)9-12-23-11-3-2-6-14-8-7-13-5-4-10-19-16(13)20-14/h7-8,15H,2-6,9-12,18H2,1H3,(H,19,20).